The zero-order valence-corrected chi connectivity index (χ0v) is 52.5. The van der Waals surface area contributed by atoms with Crippen LogP contribution in [0.15, 0.2) is 12.2 Å². The highest BCUT2D eigenvalue weighted by Crippen LogP contribution is 2.19. The van der Waals surface area contributed by atoms with Crippen LogP contribution in [0.5, 0.6) is 0 Å². The molecule has 0 radical (unpaired) electrons. The Hall–Kier alpha value is -1.40. The first-order valence-electron chi connectivity index (χ1n) is 35.5. The van der Waals surface area contributed by atoms with Crippen molar-refractivity contribution in [2.75, 3.05) is 13.2 Å². The molecule has 0 aliphatic carbocycles. The van der Waals surface area contributed by atoms with Crippen LogP contribution in [0.3, 0.4) is 0 Å². The maximum absolute atomic E-state index is 12.5. The first kappa shape index (κ1) is 75.6. The smallest absolute Gasteiger partial charge is 0.305 e. The van der Waals surface area contributed by atoms with Crippen molar-refractivity contribution >= 4 is 11.9 Å². The highest BCUT2D eigenvalue weighted by Gasteiger charge is 2.18. The zero-order valence-electron chi connectivity index (χ0n) is 52.5. The number of allylic oxidation sites excluding steroid dienone is 1. The highest BCUT2D eigenvalue weighted by molar-refractivity contribution is 5.76. The number of hydrogen-bond donors (Lipinski definition) is 3. The third-order valence-corrected chi connectivity index (χ3v) is 16.8. The number of aliphatic hydroxyl groups is 2. The van der Waals surface area contributed by atoms with Gasteiger partial charge < -0.3 is 20.3 Å². The van der Waals surface area contributed by atoms with E-state index < -0.39 is 12.1 Å². The second-order valence-corrected chi connectivity index (χ2v) is 24.6. The molecule has 77 heavy (non-hydrogen) atoms. The molecule has 3 N–H and O–H groups in total. The normalized spacial score (nSPS) is 12.5. The number of esters is 1. The Bertz CT molecular complexity index is 1160. The van der Waals surface area contributed by atoms with Crippen molar-refractivity contribution in [1.29, 1.82) is 0 Å². The summed E-state index contributed by atoms with van der Waals surface area (Å²) in [5, 5.41) is 23.1. The second kappa shape index (κ2) is 67.1. The third-order valence-electron chi connectivity index (χ3n) is 16.8. The Labute approximate surface area is 482 Å². The van der Waals surface area contributed by atoms with Crippen LogP contribution in [-0.2, 0) is 14.3 Å². The van der Waals surface area contributed by atoms with Crippen molar-refractivity contribution in [2.45, 2.75) is 418 Å². The van der Waals surface area contributed by atoms with Gasteiger partial charge in [-0.15, -0.1) is 0 Å². The fourth-order valence-corrected chi connectivity index (χ4v) is 11.4. The zero-order chi connectivity index (χ0) is 55.7. The number of unbranched alkanes of at least 4 members (excludes halogenated alkanes) is 56. The maximum atomic E-state index is 12.5. The second-order valence-electron chi connectivity index (χ2n) is 24.6. The Balaban J connectivity index is 3.33. The van der Waals surface area contributed by atoms with Gasteiger partial charge in [0, 0.05) is 12.8 Å². The minimum absolute atomic E-state index is 0.0234. The summed E-state index contributed by atoms with van der Waals surface area (Å²) in [5.41, 5.74) is 0. The summed E-state index contributed by atoms with van der Waals surface area (Å²) in [7, 11) is 0. The molecule has 0 aromatic rings. The van der Waals surface area contributed by atoms with E-state index in [1.165, 1.54) is 340 Å². The van der Waals surface area contributed by atoms with E-state index in [9.17, 15) is 19.8 Å². The van der Waals surface area contributed by atoms with Crippen LogP contribution in [0.2, 0.25) is 0 Å². The molecule has 2 unspecified atom stereocenters. The number of nitrogens with one attached hydrogen (secondary N) is 1. The first-order chi connectivity index (χ1) is 38.0. The highest BCUT2D eigenvalue weighted by atomic mass is 16.5. The fourth-order valence-electron chi connectivity index (χ4n) is 11.4. The molecule has 1 amide bonds. The quantitative estimate of drug-likeness (QED) is 0.0320. The van der Waals surface area contributed by atoms with Crippen molar-refractivity contribution in [3.8, 4) is 0 Å². The number of amides is 1. The lowest BCUT2D eigenvalue weighted by Crippen LogP contribution is -2.45. The van der Waals surface area contributed by atoms with Crippen molar-refractivity contribution < 1.29 is 24.5 Å². The predicted molar refractivity (Wildman–Crippen MR) is 338 cm³/mol. The SMILES string of the molecule is CCCCCCCCCCCCCC/C=C/C(O)C(CO)NC(=O)CCCCCCCCCCCCCCCCCCCCCCCCCCCCCOC(=O)CCCCCCCCCCCCCCCCCCCCC. The first-order valence-corrected chi connectivity index (χ1v) is 35.5. The van der Waals surface area contributed by atoms with Crippen LogP contribution in [0.4, 0.5) is 0 Å². The molecule has 0 saturated carbocycles. The molecule has 2 atom stereocenters. The lowest BCUT2D eigenvalue weighted by molar-refractivity contribution is -0.143. The van der Waals surface area contributed by atoms with Gasteiger partial charge in [-0.25, -0.2) is 0 Å². The number of carbonyl (C=O) groups excluding carboxylic acids is 2. The van der Waals surface area contributed by atoms with Crippen LogP contribution in [0.25, 0.3) is 0 Å². The van der Waals surface area contributed by atoms with E-state index in [1.54, 1.807) is 6.08 Å². The average molecular weight is 1090 g/mol. The largest absolute Gasteiger partial charge is 0.466 e. The molecule has 0 aliphatic rings. The molecule has 6 heteroatoms. The summed E-state index contributed by atoms with van der Waals surface area (Å²) in [6, 6.07) is -0.624. The molecular formula is C71H139NO5. The molecule has 0 fully saturated rings. The molecule has 0 aromatic heterocycles. The summed E-state index contributed by atoms with van der Waals surface area (Å²) >= 11 is 0. The summed E-state index contributed by atoms with van der Waals surface area (Å²) in [4.78, 5) is 24.6. The van der Waals surface area contributed by atoms with Gasteiger partial charge in [0.2, 0.25) is 5.91 Å². The van der Waals surface area contributed by atoms with Crippen molar-refractivity contribution in [3.63, 3.8) is 0 Å². The topological polar surface area (TPSA) is 95.9 Å². The number of aliphatic hydroxyl groups excluding tert-OH is 2. The molecule has 0 bridgehead atoms. The van der Waals surface area contributed by atoms with Gasteiger partial charge in [-0.2, -0.15) is 0 Å². The van der Waals surface area contributed by atoms with Crippen molar-refractivity contribution in [1.82, 2.24) is 5.32 Å². The summed E-state index contributed by atoms with van der Waals surface area (Å²) in [6.07, 6.45) is 83.0. The molecule has 0 spiro atoms. The number of ether oxygens (including phenoxy) is 1. The predicted octanol–water partition coefficient (Wildman–Crippen LogP) is 22.8. The van der Waals surface area contributed by atoms with E-state index in [1.807, 2.05) is 6.08 Å². The van der Waals surface area contributed by atoms with E-state index in [2.05, 4.69) is 19.2 Å². The van der Waals surface area contributed by atoms with E-state index in [0.717, 1.165) is 38.5 Å². The van der Waals surface area contributed by atoms with Gasteiger partial charge in [0.25, 0.3) is 0 Å². The third kappa shape index (κ3) is 63.6. The number of carbonyl (C=O) groups is 2. The van der Waals surface area contributed by atoms with Gasteiger partial charge in [-0.1, -0.05) is 373 Å². The Morgan fingerprint density at radius 1 is 0.351 bits per heavy atom. The molecule has 0 heterocycles. The maximum Gasteiger partial charge on any atom is 0.305 e. The van der Waals surface area contributed by atoms with E-state index in [-0.39, 0.29) is 18.5 Å². The van der Waals surface area contributed by atoms with Gasteiger partial charge >= 0.3 is 5.97 Å². The molecule has 0 saturated heterocycles. The Morgan fingerprint density at radius 2 is 0.597 bits per heavy atom. The Kier molecular flexibility index (Phi) is 65.9. The van der Waals surface area contributed by atoms with Gasteiger partial charge in [-0.3, -0.25) is 9.59 Å². The van der Waals surface area contributed by atoms with Crippen LogP contribution in [0.1, 0.15) is 406 Å². The molecule has 0 aliphatic heterocycles. The van der Waals surface area contributed by atoms with E-state index in [4.69, 9.17) is 4.74 Å². The fraction of sp³-hybridized carbons (Fsp3) is 0.944. The minimum Gasteiger partial charge on any atom is -0.466 e. The molecule has 0 rings (SSSR count). The van der Waals surface area contributed by atoms with Crippen molar-refractivity contribution in [3.05, 3.63) is 12.2 Å². The molecule has 458 valence electrons. The lowest BCUT2D eigenvalue weighted by Gasteiger charge is -2.20. The van der Waals surface area contributed by atoms with Crippen LogP contribution < -0.4 is 5.32 Å². The van der Waals surface area contributed by atoms with Gasteiger partial charge in [-0.05, 0) is 32.1 Å². The standard InChI is InChI=1S/C71H139NO5/c1-3-5-7-9-11-13-15-17-19-20-30-34-37-41-45-49-53-57-61-65-71(76)77-66-62-58-54-50-46-42-38-35-32-29-27-25-23-21-22-24-26-28-31-33-36-40-44-48-52-56-60-64-70(75)72-68(67-73)69(74)63-59-55-51-47-43-39-18-16-14-12-10-8-6-4-2/h59,63,68-69,73-74H,3-58,60-62,64-67H2,1-2H3,(H,72,75)/b63-59+. The number of hydrogen-bond acceptors (Lipinski definition) is 5. The van der Waals surface area contributed by atoms with Crippen LogP contribution in [0, 0.1) is 0 Å². The van der Waals surface area contributed by atoms with Gasteiger partial charge in [0.05, 0.1) is 25.4 Å². The summed E-state index contributed by atoms with van der Waals surface area (Å²) in [6.45, 7) is 4.95. The lowest BCUT2D eigenvalue weighted by atomic mass is 10.0. The van der Waals surface area contributed by atoms with E-state index >= 15 is 0 Å². The van der Waals surface area contributed by atoms with Crippen LogP contribution >= 0.6 is 0 Å². The van der Waals surface area contributed by atoms with E-state index in [0.29, 0.717) is 19.4 Å². The molecule has 0 aromatic carbocycles. The molecular weight excluding hydrogens is 947 g/mol. The summed E-state index contributed by atoms with van der Waals surface area (Å²) < 4.78 is 5.52. The number of rotatable bonds is 67. The minimum atomic E-state index is -0.841. The van der Waals surface area contributed by atoms with Crippen LogP contribution in [-0.4, -0.2) is 47.4 Å². The van der Waals surface area contributed by atoms with Crippen molar-refractivity contribution in [2.24, 2.45) is 0 Å². The average Bonchev–Trinajstić information content (AvgIpc) is 3.43. The van der Waals surface area contributed by atoms with Gasteiger partial charge in [0.1, 0.15) is 0 Å². The van der Waals surface area contributed by atoms with Gasteiger partial charge in [0.15, 0.2) is 0 Å². The summed E-state index contributed by atoms with van der Waals surface area (Å²) in [5.74, 6) is -0.0393. The monoisotopic (exact) mass is 1090 g/mol. The Morgan fingerprint density at radius 3 is 0.883 bits per heavy atom. The molecule has 6 nitrogen and oxygen atoms in total.